The molecule has 34 heavy (non-hydrogen) atoms. The highest BCUT2D eigenvalue weighted by Gasteiger charge is 2.22. The van der Waals surface area contributed by atoms with Crippen molar-refractivity contribution in [3.05, 3.63) is 75.3 Å². The minimum Gasteiger partial charge on any atom is -0.493 e. The van der Waals surface area contributed by atoms with Crippen molar-refractivity contribution in [2.45, 2.75) is 33.2 Å². The van der Waals surface area contributed by atoms with Gasteiger partial charge in [-0.25, -0.2) is 4.79 Å². The number of benzene rings is 3. The number of carbonyl (C=O) groups excluding carboxylic acids is 1. The Balaban J connectivity index is 2.07. The van der Waals surface area contributed by atoms with Crippen molar-refractivity contribution >= 4 is 46.3 Å². The Morgan fingerprint density at radius 2 is 1.59 bits per heavy atom. The van der Waals surface area contributed by atoms with Crippen LogP contribution in [0.5, 0.6) is 11.5 Å². The molecule has 0 fully saturated rings. The lowest BCUT2D eigenvalue weighted by atomic mass is 10.0. The quantitative estimate of drug-likeness (QED) is 0.327. The number of nitrogen functional groups attached to an aromatic ring is 1. The summed E-state index contributed by atoms with van der Waals surface area (Å²) in [6.45, 7) is 4.29. The molecule has 3 aromatic carbocycles. The molecule has 0 unspecified atom stereocenters. The molecular weight excluding hydrogens is 473 g/mol. The summed E-state index contributed by atoms with van der Waals surface area (Å²) in [5.41, 5.74) is 10.7. The number of nitrogens with two attached hydrogens (primary N) is 1. The highest BCUT2D eigenvalue weighted by atomic mass is 35.5. The number of ether oxygens (including phenoxy) is 2. The Kier molecular flexibility index (Phi) is 8.53. The van der Waals surface area contributed by atoms with E-state index in [0.29, 0.717) is 58.0 Å². The van der Waals surface area contributed by atoms with E-state index in [-0.39, 0.29) is 6.03 Å². The average Bonchev–Trinajstić information content (AvgIpc) is 2.83. The van der Waals surface area contributed by atoms with E-state index in [1.807, 2.05) is 32.0 Å². The van der Waals surface area contributed by atoms with Gasteiger partial charge in [-0.3, -0.25) is 4.90 Å². The molecule has 0 saturated carbocycles. The number of nitrogens with one attached hydrogen (secondary N) is 1. The van der Waals surface area contributed by atoms with Crippen LogP contribution in [0.2, 0.25) is 10.0 Å². The molecule has 180 valence electrons. The second-order valence-electron chi connectivity index (χ2n) is 7.67. The van der Waals surface area contributed by atoms with Crippen LogP contribution in [0.1, 0.15) is 30.5 Å². The van der Waals surface area contributed by atoms with Gasteiger partial charge in [0.25, 0.3) is 0 Å². The lowest BCUT2D eigenvalue weighted by Gasteiger charge is -2.26. The third-order valence-electron chi connectivity index (χ3n) is 5.64. The summed E-state index contributed by atoms with van der Waals surface area (Å²) < 4.78 is 10.8. The fraction of sp³-hybridized carbons (Fsp3) is 0.269. The number of rotatable bonds is 8. The number of hydrogen-bond acceptors (Lipinski definition) is 4. The average molecular weight is 502 g/mol. The van der Waals surface area contributed by atoms with E-state index in [9.17, 15) is 4.79 Å². The number of amides is 2. The Bertz CT molecular complexity index is 1140. The zero-order valence-electron chi connectivity index (χ0n) is 19.7. The third kappa shape index (κ3) is 5.51. The monoisotopic (exact) mass is 501 g/mol. The molecule has 0 radical (unpaired) electrons. The predicted octanol–water partition coefficient (Wildman–Crippen LogP) is 6.96. The molecule has 0 atom stereocenters. The molecule has 6 nitrogen and oxygen atoms in total. The van der Waals surface area contributed by atoms with Crippen LogP contribution in [0.4, 0.5) is 21.9 Å². The minimum atomic E-state index is -0.326. The predicted molar refractivity (Wildman–Crippen MR) is 141 cm³/mol. The molecule has 0 spiro atoms. The van der Waals surface area contributed by atoms with Crippen molar-refractivity contribution in [2.24, 2.45) is 0 Å². The van der Waals surface area contributed by atoms with E-state index in [0.717, 1.165) is 16.7 Å². The molecule has 0 aliphatic carbocycles. The maximum Gasteiger partial charge on any atom is 0.326 e. The summed E-state index contributed by atoms with van der Waals surface area (Å²) >= 11 is 12.5. The van der Waals surface area contributed by atoms with Crippen LogP contribution in [-0.2, 0) is 19.4 Å². The summed E-state index contributed by atoms with van der Waals surface area (Å²) in [4.78, 5) is 15.4. The van der Waals surface area contributed by atoms with E-state index in [4.69, 9.17) is 38.4 Å². The van der Waals surface area contributed by atoms with Crippen LogP contribution in [0.15, 0.2) is 48.5 Å². The summed E-state index contributed by atoms with van der Waals surface area (Å²) in [6.07, 6.45) is 1.30. The number of nitrogens with zero attached hydrogens (tertiary/aromatic N) is 1. The van der Waals surface area contributed by atoms with E-state index < -0.39 is 0 Å². The number of halogens is 2. The fourth-order valence-corrected chi connectivity index (χ4v) is 4.33. The van der Waals surface area contributed by atoms with Crippen molar-refractivity contribution in [3.8, 4) is 11.5 Å². The van der Waals surface area contributed by atoms with Crippen molar-refractivity contribution in [3.63, 3.8) is 0 Å². The molecule has 0 saturated heterocycles. The first-order valence-electron chi connectivity index (χ1n) is 11.0. The number of urea groups is 1. The van der Waals surface area contributed by atoms with Crippen LogP contribution in [0, 0.1) is 0 Å². The van der Waals surface area contributed by atoms with Crippen LogP contribution in [0.25, 0.3) is 0 Å². The fourth-order valence-electron chi connectivity index (χ4n) is 3.85. The summed E-state index contributed by atoms with van der Waals surface area (Å²) in [7, 11) is 3.12. The van der Waals surface area contributed by atoms with Crippen LogP contribution in [-0.4, -0.2) is 20.3 Å². The lowest BCUT2D eigenvalue weighted by molar-refractivity contribution is 0.256. The molecule has 0 aliphatic heterocycles. The standard InChI is InChI=1S/C26H29Cl2N3O3/c1-5-19-21(28)14-22(29)20(6-2)25(19)30-26(32)31(15-16-7-9-17(27)10-8-16)18-11-12-23(33-3)24(13-18)34-4/h7-14H,5-6,15,29H2,1-4H3,(H,30,32). The first-order valence-corrected chi connectivity index (χ1v) is 11.7. The van der Waals surface area contributed by atoms with Gasteiger partial charge in [-0.1, -0.05) is 49.2 Å². The second-order valence-corrected chi connectivity index (χ2v) is 8.51. The Labute approximate surface area is 210 Å². The highest BCUT2D eigenvalue weighted by molar-refractivity contribution is 6.32. The Hall–Kier alpha value is -3.09. The third-order valence-corrected chi connectivity index (χ3v) is 6.23. The molecule has 3 rings (SSSR count). The number of anilines is 3. The zero-order chi connectivity index (χ0) is 24.8. The van der Waals surface area contributed by atoms with Gasteiger partial charge >= 0.3 is 6.03 Å². The van der Waals surface area contributed by atoms with Gasteiger partial charge in [0.1, 0.15) is 0 Å². The van der Waals surface area contributed by atoms with Crippen LogP contribution >= 0.6 is 23.2 Å². The largest absolute Gasteiger partial charge is 0.493 e. The Morgan fingerprint density at radius 1 is 0.941 bits per heavy atom. The summed E-state index contributed by atoms with van der Waals surface area (Å²) in [5, 5.41) is 4.24. The van der Waals surface area contributed by atoms with Gasteiger partial charge in [0.15, 0.2) is 11.5 Å². The van der Waals surface area contributed by atoms with E-state index >= 15 is 0 Å². The maximum absolute atomic E-state index is 13.7. The molecule has 3 aromatic rings. The topological polar surface area (TPSA) is 76.8 Å². The lowest BCUT2D eigenvalue weighted by Crippen LogP contribution is -2.35. The van der Waals surface area contributed by atoms with Gasteiger partial charge in [0, 0.05) is 27.5 Å². The summed E-state index contributed by atoms with van der Waals surface area (Å²) in [5.74, 6) is 1.09. The van der Waals surface area contributed by atoms with Gasteiger partial charge in [0.2, 0.25) is 0 Å². The molecule has 0 aromatic heterocycles. The summed E-state index contributed by atoms with van der Waals surface area (Å²) in [6, 6.07) is 14.1. The number of methoxy groups -OCH3 is 2. The molecular formula is C26H29Cl2N3O3. The Morgan fingerprint density at radius 3 is 2.18 bits per heavy atom. The van der Waals surface area contributed by atoms with Gasteiger partial charge in [-0.2, -0.15) is 0 Å². The van der Waals surface area contributed by atoms with Crippen LogP contribution < -0.4 is 25.4 Å². The van der Waals surface area contributed by atoms with E-state index in [2.05, 4.69) is 5.32 Å². The van der Waals surface area contributed by atoms with E-state index in [1.54, 1.807) is 49.5 Å². The minimum absolute atomic E-state index is 0.303. The molecule has 2 amide bonds. The van der Waals surface area contributed by atoms with Gasteiger partial charge < -0.3 is 20.5 Å². The van der Waals surface area contributed by atoms with Gasteiger partial charge in [-0.15, -0.1) is 0 Å². The van der Waals surface area contributed by atoms with Crippen molar-refractivity contribution < 1.29 is 14.3 Å². The molecule has 0 bridgehead atoms. The highest BCUT2D eigenvalue weighted by Crippen LogP contribution is 2.36. The van der Waals surface area contributed by atoms with Gasteiger partial charge in [-0.05, 0) is 59.9 Å². The zero-order valence-corrected chi connectivity index (χ0v) is 21.3. The molecule has 8 heteroatoms. The first kappa shape index (κ1) is 25.5. The van der Waals surface area contributed by atoms with Crippen molar-refractivity contribution in [2.75, 3.05) is 30.2 Å². The number of hydrogen-bond donors (Lipinski definition) is 2. The van der Waals surface area contributed by atoms with E-state index in [1.165, 1.54) is 0 Å². The first-order chi connectivity index (χ1) is 16.3. The van der Waals surface area contributed by atoms with Crippen molar-refractivity contribution in [1.82, 2.24) is 0 Å². The second kappa shape index (κ2) is 11.4. The molecule has 3 N–H and O–H groups in total. The van der Waals surface area contributed by atoms with Crippen LogP contribution in [0.3, 0.4) is 0 Å². The molecule has 0 heterocycles. The smallest absolute Gasteiger partial charge is 0.326 e. The SMILES string of the molecule is CCc1c(N)cc(Cl)c(CC)c1NC(=O)N(Cc1ccc(Cl)cc1)c1ccc(OC)c(OC)c1. The van der Waals surface area contributed by atoms with Gasteiger partial charge in [0.05, 0.1) is 26.5 Å². The number of carbonyl (C=O) groups is 1. The molecule has 0 aliphatic rings. The normalized spacial score (nSPS) is 10.6. The maximum atomic E-state index is 13.7. The van der Waals surface area contributed by atoms with Crippen molar-refractivity contribution in [1.29, 1.82) is 0 Å².